The van der Waals surface area contributed by atoms with Gasteiger partial charge in [-0.1, -0.05) is 41.3 Å². The van der Waals surface area contributed by atoms with Crippen molar-refractivity contribution in [2.24, 2.45) is 0 Å². The van der Waals surface area contributed by atoms with Gasteiger partial charge in [0.05, 0.1) is 16.0 Å². The molecule has 0 aliphatic rings. The number of benzene rings is 1. The van der Waals surface area contributed by atoms with Gasteiger partial charge in [-0.25, -0.2) is 4.98 Å². The van der Waals surface area contributed by atoms with Crippen molar-refractivity contribution in [3.63, 3.8) is 0 Å². The summed E-state index contributed by atoms with van der Waals surface area (Å²) >= 11 is 2.92. The molecule has 1 amide bonds. The van der Waals surface area contributed by atoms with Crippen LogP contribution in [0.4, 0.5) is 5.13 Å². The number of hydrogen-bond donors (Lipinski definition) is 0. The number of nitrogens with zero attached hydrogens (tertiary/aromatic N) is 5. The summed E-state index contributed by atoms with van der Waals surface area (Å²) in [4.78, 5) is 19.0. The fraction of sp³-hybridized carbons (Fsp3) is 0.294. The first-order chi connectivity index (χ1) is 12.1. The van der Waals surface area contributed by atoms with Crippen molar-refractivity contribution in [2.45, 2.75) is 25.5 Å². The van der Waals surface area contributed by atoms with Gasteiger partial charge in [0, 0.05) is 13.1 Å². The van der Waals surface area contributed by atoms with E-state index in [9.17, 15) is 4.79 Å². The number of para-hydroxylation sites is 1. The smallest absolute Gasteiger partial charge is 0.239 e. The van der Waals surface area contributed by atoms with Crippen molar-refractivity contribution in [1.29, 1.82) is 0 Å². The number of hydrogen-bond acceptors (Lipinski definition) is 6. The summed E-state index contributed by atoms with van der Waals surface area (Å²) < 4.78 is 3.02. The predicted molar refractivity (Wildman–Crippen MR) is 103 cm³/mol. The van der Waals surface area contributed by atoms with E-state index in [0.717, 1.165) is 26.3 Å². The van der Waals surface area contributed by atoms with Crippen LogP contribution in [0, 0.1) is 6.92 Å². The first kappa shape index (κ1) is 17.6. The van der Waals surface area contributed by atoms with E-state index in [1.807, 2.05) is 42.7 Å². The zero-order valence-electron chi connectivity index (χ0n) is 14.2. The van der Waals surface area contributed by atoms with Gasteiger partial charge in [-0.2, -0.15) is 0 Å². The monoisotopic (exact) mass is 373 g/mol. The molecule has 130 valence electrons. The number of rotatable bonds is 7. The van der Waals surface area contributed by atoms with E-state index < -0.39 is 0 Å². The third-order valence-corrected chi connectivity index (χ3v) is 5.68. The lowest BCUT2D eigenvalue weighted by atomic mass is 10.3. The van der Waals surface area contributed by atoms with E-state index in [1.54, 1.807) is 11.0 Å². The summed E-state index contributed by atoms with van der Waals surface area (Å²) in [7, 11) is 0. The Kier molecular flexibility index (Phi) is 5.50. The maximum atomic E-state index is 12.7. The SMILES string of the molecule is C=CCn1c(C)nnc1SCC(=O)N(CC)c1nc2ccccc2s1. The van der Waals surface area contributed by atoms with Crippen molar-refractivity contribution in [3.05, 3.63) is 42.7 Å². The highest BCUT2D eigenvalue weighted by Crippen LogP contribution is 2.29. The normalized spacial score (nSPS) is 11.0. The predicted octanol–water partition coefficient (Wildman–Crippen LogP) is 3.53. The lowest BCUT2D eigenvalue weighted by Gasteiger charge is -2.17. The van der Waals surface area contributed by atoms with Gasteiger partial charge in [-0.3, -0.25) is 9.69 Å². The fourth-order valence-corrected chi connectivity index (χ4v) is 4.32. The molecule has 3 aromatic rings. The Morgan fingerprint density at radius 1 is 1.40 bits per heavy atom. The maximum Gasteiger partial charge on any atom is 0.239 e. The average molecular weight is 374 g/mol. The molecule has 0 unspecified atom stereocenters. The Morgan fingerprint density at radius 3 is 2.92 bits per heavy atom. The van der Waals surface area contributed by atoms with Crippen LogP contribution < -0.4 is 4.90 Å². The molecule has 3 rings (SSSR count). The summed E-state index contributed by atoms with van der Waals surface area (Å²) in [5, 5.41) is 9.68. The molecule has 0 aliphatic heterocycles. The number of anilines is 1. The third kappa shape index (κ3) is 3.74. The number of fused-ring (bicyclic) bond motifs is 1. The maximum absolute atomic E-state index is 12.7. The minimum Gasteiger partial charge on any atom is -0.302 e. The Labute approximate surface area is 154 Å². The van der Waals surface area contributed by atoms with Gasteiger partial charge in [0.25, 0.3) is 0 Å². The quantitative estimate of drug-likeness (QED) is 0.468. The van der Waals surface area contributed by atoms with E-state index >= 15 is 0 Å². The molecule has 0 saturated carbocycles. The van der Waals surface area contributed by atoms with E-state index in [1.165, 1.54) is 23.1 Å². The van der Waals surface area contributed by atoms with Crippen LogP contribution in [0.1, 0.15) is 12.7 Å². The van der Waals surface area contributed by atoms with Crippen LogP contribution in [0.15, 0.2) is 42.1 Å². The summed E-state index contributed by atoms with van der Waals surface area (Å²) in [5.41, 5.74) is 0.919. The molecule has 0 aliphatic carbocycles. The Hall–Kier alpha value is -2.19. The molecule has 0 bridgehead atoms. The third-order valence-electron chi connectivity index (χ3n) is 3.67. The van der Waals surface area contributed by atoms with Crippen molar-refractivity contribution in [3.8, 4) is 0 Å². The summed E-state index contributed by atoms with van der Waals surface area (Å²) in [6.45, 7) is 8.81. The number of carbonyl (C=O) groups is 1. The first-order valence-corrected chi connectivity index (χ1v) is 9.73. The average Bonchev–Trinajstić information content (AvgIpc) is 3.18. The molecule has 25 heavy (non-hydrogen) atoms. The molecular weight excluding hydrogens is 354 g/mol. The van der Waals surface area contributed by atoms with Gasteiger partial charge in [-0.15, -0.1) is 16.8 Å². The summed E-state index contributed by atoms with van der Waals surface area (Å²) in [6.07, 6.45) is 1.79. The molecule has 0 atom stereocenters. The molecule has 0 spiro atoms. The van der Waals surface area contributed by atoms with Gasteiger partial charge in [0.1, 0.15) is 5.82 Å². The van der Waals surface area contributed by atoms with E-state index in [4.69, 9.17) is 0 Å². The van der Waals surface area contributed by atoms with Crippen LogP contribution in [-0.2, 0) is 11.3 Å². The molecule has 0 saturated heterocycles. The number of thioether (sulfide) groups is 1. The molecule has 2 aromatic heterocycles. The highest BCUT2D eigenvalue weighted by Gasteiger charge is 2.19. The first-order valence-electron chi connectivity index (χ1n) is 7.93. The number of carbonyl (C=O) groups excluding carboxylic acids is 1. The fourth-order valence-electron chi connectivity index (χ4n) is 2.41. The highest BCUT2D eigenvalue weighted by molar-refractivity contribution is 7.99. The van der Waals surface area contributed by atoms with Crippen LogP contribution in [0.25, 0.3) is 10.2 Å². The van der Waals surface area contributed by atoms with Gasteiger partial charge in [0.15, 0.2) is 10.3 Å². The summed E-state index contributed by atoms with van der Waals surface area (Å²) in [5.74, 6) is 1.12. The van der Waals surface area contributed by atoms with Crippen LogP contribution in [-0.4, -0.2) is 38.0 Å². The number of aryl methyl sites for hydroxylation is 1. The van der Waals surface area contributed by atoms with Crippen molar-refractivity contribution < 1.29 is 4.79 Å². The zero-order chi connectivity index (χ0) is 17.8. The van der Waals surface area contributed by atoms with Gasteiger partial charge < -0.3 is 4.57 Å². The van der Waals surface area contributed by atoms with Crippen LogP contribution in [0.2, 0.25) is 0 Å². The minimum absolute atomic E-state index is 0.0114. The molecule has 2 heterocycles. The minimum atomic E-state index is 0.0114. The number of aromatic nitrogens is 4. The standard InChI is InChI=1S/C17H19N5OS2/c1-4-10-22-12(3)19-20-17(22)24-11-15(23)21(5-2)16-18-13-8-6-7-9-14(13)25-16/h4,6-9H,1,5,10-11H2,2-3H3. The largest absolute Gasteiger partial charge is 0.302 e. The Morgan fingerprint density at radius 2 is 2.20 bits per heavy atom. The topological polar surface area (TPSA) is 63.9 Å². The second-order valence-corrected chi connectivity index (χ2v) is 7.27. The van der Waals surface area contributed by atoms with E-state index in [2.05, 4.69) is 21.8 Å². The number of thiazole rings is 1. The molecule has 6 nitrogen and oxygen atoms in total. The zero-order valence-corrected chi connectivity index (χ0v) is 15.8. The molecule has 0 radical (unpaired) electrons. The Bertz CT molecular complexity index is 868. The molecule has 0 fully saturated rings. The second-order valence-electron chi connectivity index (χ2n) is 5.32. The van der Waals surface area contributed by atoms with Gasteiger partial charge in [-0.05, 0) is 26.0 Å². The van der Waals surface area contributed by atoms with Crippen LogP contribution in [0.3, 0.4) is 0 Å². The number of allylic oxidation sites excluding steroid dienone is 1. The Balaban J connectivity index is 1.73. The van der Waals surface area contributed by atoms with Gasteiger partial charge >= 0.3 is 0 Å². The van der Waals surface area contributed by atoms with E-state index in [-0.39, 0.29) is 5.91 Å². The molecule has 8 heteroatoms. The lowest BCUT2D eigenvalue weighted by Crippen LogP contribution is -2.32. The van der Waals surface area contributed by atoms with Gasteiger partial charge in [0.2, 0.25) is 5.91 Å². The summed E-state index contributed by atoms with van der Waals surface area (Å²) in [6, 6.07) is 7.91. The second kappa shape index (κ2) is 7.79. The molecular formula is C17H19N5OS2. The lowest BCUT2D eigenvalue weighted by molar-refractivity contribution is -0.116. The highest BCUT2D eigenvalue weighted by atomic mass is 32.2. The van der Waals surface area contributed by atoms with Crippen molar-refractivity contribution in [1.82, 2.24) is 19.7 Å². The van der Waals surface area contributed by atoms with Crippen LogP contribution >= 0.6 is 23.1 Å². The van der Waals surface area contributed by atoms with Crippen molar-refractivity contribution in [2.75, 3.05) is 17.2 Å². The number of amides is 1. The van der Waals surface area contributed by atoms with E-state index in [0.29, 0.717) is 18.8 Å². The van der Waals surface area contributed by atoms with Crippen LogP contribution in [0.5, 0.6) is 0 Å². The molecule has 0 N–H and O–H groups in total. The molecule has 1 aromatic carbocycles. The van der Waals surface area contributed by atoms with Crippen molar-refractivity contribution >= 4 is 44.4 Å².